The second-order valence-electron chi connectivity index (χ2n) is 6.36. The highest BCUT2D eigenvalue weighted by Crippen LogP contribution is 2.27. The number of para-hydroxylation sites is 1. The van der Waals surface area contributed by atoms with Crippen LogP contribution in [0, 0.1) is 12.7 Å². The highest BCUT2D eigenvalue weighted by atomic mass is 19.1. The molecule has 1 N–H and O–H groups in total. The summed E-state index contributed by atoms with van der Waals surface area (Å²) < 4.78 is 19.3. The molecular formula is C20H21FN2O2. The van der Waals surface area contributed by atoms with E-state index in [0.29, 0.717) is 17.5 Å². The van der Waals surface area contributed by atoms with Crippen LogP contribution in [-0.4, -0.2) is 24.9 Å². The van der Waals surface area contributed by atoms with Crippen molar-refractivity contribution in [1.29, 1.82) is 0 Å². The number of halogens is 1. The summed E-state index contributed by atoms with van der Waals surface area (Å²) in [4.78, 5) is 14.6. The first kappa shape index (κ1) is 17.2. The van der Waals surface area contributed by atoms with Crippen molar-refractivity contribution in [3.8, 4) is 0 Å². The summed E-state index contributed by atoms with van der Waals surface area (Å²) in [5.41, 5.74) is 2.97. The van der Waals surface area contributed by atoms with E-state index in [0.717, 1.165) is 17.7 Å². The van der Waals surface area contributed by atoms with Gasteiger partial charge in [0.1, 0.15) is 0 Å². The lowest BCUT2D eigenvalue weighted by Crippen LogP contribution is -2.24. The van der Waals surface area contributed by atoms with Crippen LogP contribution in [0.4, 0.5) is 4.39 Å². The van der Waals surface area contributed by atoms with Gasteiger partial charge in [0, 0.05) is 24.0 Å². The van der Waals surface area contributed by atoms with E-state index in [9.17, 15) is 9.18 Å². The molecule has 0 saturated carbocycles. The third kappa shape index (κ3) is 3.56. The minimum absolute atomic E-state index is 0.123. The maximum Gasteiger partial charge on any atom is 0.287 e. The molecule has 1 heterocycles. The van der Waals surface area contributed by atoms with Crippen LogP contribution in [0.15, 0.2) is 46.9 Å². The van der Waals surface area contributed by atoms with Crippen LogP contribution >= 0.6 is 0 Å². The van der Waals surface area contributed by atoms with Crippen LogP contribution in [0.3, 0.4) is 0 Å². The topological polar surface area (TPSA) is 45.5 Å². The largest absolute Gasteiger partial charge is 0.448 e. The van der Waals surface area contributed by atoms with Crippen molar-refractivity contribution in [3.63, 3.8) is 0 Å². The summed E-state index contributed by atoms with van der Waals surface area (Å²) in [5.74, 6) is -0.645. The number of nitrogens with zero attached hydrogens (tertiary/aromatic N) is 1. The maximum atomic E-state index is 13.8. The van der Waals surface area contributed by atoms with E-state index in [-0.39, 0.29) is 17.3 Å². The number of benzene rings is 2. The van der Waals surface area contributed by atoms with E-state index < -0.39 is 5.82 Å². The van der Waals surface area contributed by atoms with Gasteiger partial charge in [-0.2, -0.15) is 0 Å². The molecule has 0 unspecified atom stereocenters. The Morgan fingerprint density at radius 2 is 1.84 bits per heavy atom. The summed E-state index contributed by atoms with van der Waals surface area (Å²) in [5, 5.41) is 3.50. The van der Waals surface area contributed by atoms with Crippen LogP contribution in [0.1, 0.15) is 27.2 Å². The van der Waals surface area contributed by atoms with E-state index in [4.69, 9.17) is 4.42 Å². The third-order valence-electron chi connectivity index (χ3n) is 4.17. The van der Waals surface area contributed by atoms with Crippen LogP contribution < -0.4 is 5.32 Å². The van der Waals surface area contributed by atoms with Gasteiger partial charge in [-0.15, -0.1) is 0 Å². The minimum atomic E-state index is -0.462. The zero-order chi connectivity index (χ0) is 18.0. The molecule has 3 rings (SSSR count). The van der Waals surface area contributed by atoms with Gasteiger partial charge in [0.25, 0.3) is 5.91 Å². The lowest BCUT2D eigenvalue weighted by molar-refractivity contribution is 0.0924. The molecule has 130 valence electrons. The van der Waals surface area contributed by atoms with Crippen LogP contribution in [0.5, 0.6) is 0 Å². The number of carbonyl (C=O) groups excluding carboxylic acids is 1. The number of rotatable bonds is 5. The molecule has 3 aromatic rings. The van der Waals surface area contributed by atoms with E-state index in [1.807, 2.05) is 38.4 Å². The molecule has 0 fully saturated rings. The summed E-state index contributed by atoms with van der Waals surface area (Å²) in [6.07, 6.45) is 0. The highest BCUT2D eigenvalue weighted by Gasteiger charge is 2.19. The minimum Gasteiger partial charge on any atom is -0.448 e. The molecule has 0 aliphatic heterocycles. The Bertz CT molecular complexity index is 915. The van der Waals surface area contributed by atoms with E-state index in [2.05, 4.69) is 10.2 Å². The molecule has 0 radical (unpaired) electrons. The van der Waals surface area contributed by atoms with Gasteiger partial charge in [-0.25, -0.2) is 4.39 Å². The van der Waals surface area contributed by atoms with Gasteiger partial charge in [-0.1, -0.05) is 36.4 Å². The highest BCUT2D eigenvalue weighted by molar-refractivity contribution is 5.98. The summed E-state index contributed by atoms with van der Waals surface area (Å²) in [7, 11) is 4.00. The molecule has 4 nitrogen and oxygen atoms in total. The van der Waals surface area contributed by atoms with Crippen molar-refractivity contribution >= 4 is 16.9 Å². The van der Waals surface area contributed by atoms with Crippen molar-refractivity contribution in [2.24, 2.45) is 0 Å². The van der Waals surface area contributed by atoms with Crippen LogP contribution in [0.25, 0.3) is 11.0 Å². The number of nitrogens with one attached hydrogen (secondary N) is 1. The molecule has 5 heteroatoms. The van der Waals surface area contributed by atoms with Crippen molar-refractivity contribution < 1.29 is 13.6 Å². The fourth-order valence-electron chi connectivity index (χ4n) is 2.91. The number of hydrogen-bond donors (Lipinski definition) is 1. The van der Waals surface area contributed by atoms with Crippen LogP contribution in [0.2, 0.25) is 0 Å². The fraction of sp³-hybridized carbons (Fsp3) is 0.250. The molecule has 0 atom stereocenters. The first-order chi connectivity index (χ1) is 12.0. The first-order valence-corrected chi connectivity index (χ1v) is 8.14. The third-order valence-corrected chi connectivity index (χ3v) is 4.17. The SMILES string of the molecule is Cc1c(C(=O)NCc2ccccc2CN(C)C)oc2c(F)cccc12. The molecule has 0 aliphatic carbocycles. The molecular weight excluding hydrogens is 319 g/mol. The number of carbonyl (C=O) groups is 1. The Hall–Kier alpha value is -2.66. The first-order valence-electron chi connectivity index (χ1n) is 8.14. The van der Waals surface area contributed by atoms with Gasteiger partial charge in [0.05, 0.1) is 0 Å². The molecule has 0 saturated heterocycles. The van der Waals surface area contributed by atoms with Crippen molar-refractivity contribution in [2.45, 2.75) is 20.0 Å². The van der Waals surface area contributed by atoms with Crippen molar-refractivity contribution in [2.75, 3.05) is 14.1 Å². The standard InChI is InChI=1S/C20H21FN2O2/c1-13-16-9-6-10-17(21)19(16)25-18(13)20(24)22-11-14-7-4-5-8-15(14)12-23(2)3/h4-10H,11-12H2,1-3H3,(H,22,24). The van der Waals surface area contributed by atoms with Crippen LogP contribution in [-0.2, 0) is 13.1 Å². The van der Waals surface area contributed by atoms with Crippen molar-refractivity contribution in [1.82, 2.24) is 10.2 Å². The predicted molar refractivity (Wildman–Crippen MR) is 95.9 cm³/mol. The molecule has 0 aliphatic rings. The Balaban J connectivity index is 1.80. The second kappa shape index (κ2) is 7.07. The number of amides is 1. The van der Waals surface area contributed by atoms with Gasteiger partial charge in [-0.05, 0) is 38.2 Å². The molecule has 25 heavy (non-hydrogen) atoms. The zero-order valence-corrected chi connectivity index (χ0v) is 14.6. The maximum absolute atomic E-state index is 13.8. The number of aryl methyl sites for hydroxylation is 1. The lowest BCUT2D eigenvalue weighted by atomic mass is 10.1. The molecule has 1 amide bonds. The fourth-order valence-corrected chi connectivity index (χ4v) is 2.91. The molecule has 2 aromatic carbocycles. The second-order valence-corrected chi connectivity index (χ2v) is 6.36. The molecule has 1 aromatic heterocycles. The van der Waals surface area contributed by atoms with Gasteiger partial charge in [0.15, 0.2) is 17.2 Å². The Morgan fingerprint density at radius 1 is 1.12 bits per heavy atom. The normalized spacial score (nSPS) is 11.2. The monoisotopic (exact) mass is 340 g/mol. The zero-order valence-electron chi connectivity index (χ0n) is 14.6. The van der Waals surface area contributed by atoms with Gasteiger partial charge < -0.3 is 14.6 Å². The van der Waals surface area contributed by atoms with E-state index in [1.54, 1.807) is 19.1 Å². The van der Waals surface area contributed by atoms with Gasteiger partial charge in [0.2, 0.25) is 0 Å². The van der Waals surface area contributed by atoms with Gasteiger partial charge in [-0.3, -0.25) is 4.79 Å². The van der Waals surface area contributed by atoms with E-state index in [1.165, 1.54) is 6.07 Å². The smallest absolute Gasteiger partial charge is 0.287 e. The number of fused-ring (bicyclic) bond motifs is 1. The number of furan rings is 1. The van der Waals surface area contributed by atoms with Gasteiger partial charge >= 0.3 is 0 Å². The van der Waals surface area contributed by atoms with Crippen molar-refractivity contribution in [3.05, 3.63) is 70.7 Å². The average Bonchev–Trinajstić information content (AvgIpc) is 2.92. The molecule has 0 bridgehead atoms. The predicted octanol–water partition coefficient (Wildman–Crippen LogP) is 3.87. The summed E-state index contributed by atoms with van der Waals surface area (Å²) in [6, 6.07) is 12.6. The summed E-state index contributed by atoms with van der Waals surface area (Å²) in [6.45, 7) is 2.95. The van der Waals surface area contributed by atoms with E-state index >= 15 is 0 Å². The lowest BCUT2D eigenvalue weighted by Gasteiger charge is -2.14. The summed E-state index contributed by atoms with van der Waals surface area (Å²) >= 11 is 0. The Kier molecular flexibility index (Phi) is 4.86. The number of hydrogen-bond acceptors (Lipinski definition) is 3. The average molecular weight is 340 g/mol. The quantitative estimate of drug-likeness (QED) is 0.767. The Labute approximate surface area is 146 Å². The Morgan fingerprint density at radius 3 is 2.52 bits per heavy atom. The molecule has 0 spiro atoms.